The lowest BCUT2D eigenvalue weighted by Crippen LogP contribution is -2.43. The molecule has 0 aliphatic heterocycles. The van der Waals surface area contributed by atoms with Gasteiger partial charge in [0.1, 0.15) is 5.69 Å². The van der Waals surface area contributed by atoms with Gasteiger partial charge >= 0.3 is 5.97 Å². The number of carboxylic acid groups (broad SMARTS) is 1. The van der Waals surface area contributed by atoms with E-state index >= 15 is 0 Å². The minimum Gasteiger partial charge on any atom is -0.481 e. The van der Waals surface area contributed by atoms with Crippen LogP contribution >= 0.6 is 0 Å². The summed E-state index contributed by atoms with van der Waals surface area (Å²) in [5.41, 5.74) is 1.09. The van der Waals surface area contributed by atoms with Crippen LogP contribution in [-0.2, 0) is 11.3 Å². The van der Waals surface area contributed by atoms with Crippen molar-refractivity contribution >= 4 is 11.9 Å². The normalized spacial score (nSPS) is 16.5. The standard InChI is InChI=1S/C14H21N3O3/c1-3-17-11(7-10(2)16-17)13(20)15-9-14(5-4-6-14)8-12(18)19/h7H,3-6,8-9H2,1-2H3,(H,15,20)(H,18,19). The molecule has 110 valence electrons. The first-order valence-corrected chi connectivity index (χ1v) is 7.00. The van der Waals surface area contributed by atoms with Crippen LogP contribution in [0.5, 0.6) is 0 Å². The second-order valence-electron chi connectivity index (χ2n) is 5.59. The van der Waals surface area contributed by atoms with Gasteiger partial charge in [0.25, 0.3) is 5.91 Å². The fraction of sp³-hybridized carbons (Fsp3) is 0.643. The van der Waals surface area contributed by atoms with Gasteiger partial charge in [0.2, 0.25) is 0 Å². The van der Waals surface area contributed by atoms with Gasteiger partial charge in [0.05, 0.1) is 12.1 Å². The second-order valence-corrected chi connectivity index (χ2v) is 5.59. The molecule has 0 spiro atoms. The number of carbonyl (C=O) groups excluding carboxylic acids is 1. The van der Waals surface area contributed by atoms with Crippen molar-refractivity contribution < 1.29 is 14.7 Å². The van der Waals surface area contributed by atoms with Crippen LogP contribution in [0, 0.1) is 12.3 Å². The summed E-state index contributed by atoms with van der Waals surface area (Å²) in [5.74, 6) is -0.975. The highest BCUT2D eigenvalue weighted by Gasteiger charge is 2.39. The lowest BCUT2D eigenvalue weighted by molar-refractivity contribution is -0.141. The van der Waals surface area contributed by atoms with Gasteiger partial charge in [-0.1, -0.05) is 6.42 Å². The van der Waals surface area contributed by atoms with E-state index in [1.807, 2.05) is 13.8 Å². The number of aryl methyl sites for hydroxylation is 2. The molecule has 0 aromatic carbocycles. The van der Waals surface area contributed by atoms with E-state index < -0.39 is 5.97 Å². The van der Waals surface area contributed by atoms with Crippen LogP contribution in [0.1, 0.15) is 48.8 Å². The smallest absolute Gasteiger partial charge is 0.303 e. The second kappa shape index (κ2) is 5.64. The Morgan fingerprint density at radius 2 is 2.20 bits per heavy atom. The average molecular weight is 279 g/mol. The monoisotopic (exact) mass is 279 g/mol. The first kappa shape index (κ1) is 14.6. The zero-order valence-corrected chi connectivity index (χ0v) is 12.0. The summed E-state index contributed by atoms with van der Waals surface area (Å²) in [6.45, 7) is 4.84. The molecule has 0 radical (unpaired) electrons. The van der Waals surface area contributed by atoms with Gasteiger partial charge in [-0.3, -0.25) is 14.3 Å². The molecule has 6 nitrogen and oxygen atoms in total. The van der Waals surface area contributed by atoms with E-state index in [4.69, 9.17) is 5.11 Å². The maximum Gasteiger partial charge on any atom is 0.303 e. The van der Waals surface area contributed by atoms with Gasteiger partial charge in [0, 0.05) is 13.1 Å². The highest BCUT2D eigenvalue weighted by Crippen LogP contribution is 2.43. The molecule has 1 aromatic rings. The predicted molar refractivity (Wildman–Crippen MR) is 73.5 cm³/mol. The number of hydrogen-bond donors (Lipinski definition) is 2. The third-order valence-electron chi connectivity index (χ3n) is 4.00. The number of rotatable bonds is 6. The van der Waals surface area contributed by atoms with Crippen LogP contribution in [-0.4, -0.2) is 33.3 Å². The molecular weight excluding hydrogens is 258 g/mol. The molecule has 1 heterocycles. The molecule has 2 rings (SSSR count). The number of aliphatic carboxylic acids is 1. The number of nitrogens with one attached hydrogen (secondary N) is 1. The van der Waals surface area contributed by atoms with Crippen molar-refractivity contribution in [3.05, 3.63) is 17.5 Å². The van der Waals surface area contributed by atoms with E-state index in [-0.39, 0.29) is 17.7 Å². The van der Waals surface area contributed by atoms with Crippen LogP contribution in [0.15, 0.2) is 6.07 Å². The summed E-state index contributed by atoms with van der Waals surface area (Å²) in [4.78, 5) is 23.1. The first-order chi connectivity index (χ1) is 9.46. The first-order valence-electron chi connectivity index (χ1n) is 7.00. The van der Waals surface area contributed by atoms with E-state index in [9.17, 15) is 9.59 Å². The van der Waals surface area contributed by atoms with Gasteiger partial charge in [-0.2, -0.15) is 5.10 Å². The van der Waals surface area contributed by atoms with Crippen LogP contribution in [0.3, 0.4) is 0 Å². The summed E-state index contributed by atoms with van der Waals surface area (Å²) in [6.07, 6.45) is 2.89. The summed E-state index contributed by atoms with van der Waals surface area (Å²) in [6, 6.07) is 1.75. The van der Waals surface area contributed by atoms with Gasteiger partial charge in [0.15, 0.2) is 0 Å². The maximum atomic E-state index is 12.2. The zero-order chi connectivity index (χ0) is 14.8. The SMILES string of the molecule is CCn1nc(C)cc1C(=O)NCC1(CC(=O)O)CCC1. The van der Waals surface area contributed by atoms with Crippen molar-refractivity contribution in [3.63, 3.8) is 0 Å². The third-order valence-corrected chi connectivity index (χ3v) is 4.00. The average Bonchev–Trinajstić information content (AvgIpc) is 2.73. The van der Waals surface area contributed by atoms with Crippen molar-refractivity contribution in [3.8, 4) is 0 Å². The molecule has 0 atom stereocenters. The Morgan fingerprint density at radius 3 is 2.70 bits per heavy atom. The highest BCUT2D eigenvalue weighted by atomic mass is 16.4. The van der Waals surface area contributed by atoms with Crippen molar-refractivity contribution in [2.75, 3.05) is 6.54 Å². The van der Waals surface area contributed by atoms with E-state index in [0.717, 1.165) is 25.0 Å². The number of nitrogens with zero attached hydrogens (tertiary/aromatic N) is 2. The topological polar surface area (TPSA) is 84.2 Å². The number of aromatic nitrogens is 2. The van der Waals surface area contributed by atoms with Crippen molar-refractivity contribution in [2.45, 2.75) is 46.1 Å². The molecule has 0 saturated heterocycles. The number of amides is 1. The molecular formula is C14H21N3O3. The highest BCUT2D eigenvalue weighted by molar-refractivity contribution is 5.92. The Morgan fingerprint density at radius 1 is 1.50 bits per heavy atom. The molecule has 1 saturated carbocycles. The fourth-order valence-corrected chi connectivity index (χ4v) is 2.74. The lowest BCUT2D eigenvalue weighted by Gasteiger charge is -2.40. The number of carbonyl (C=O) groups is 2. The Hall–Kier alpha value is -1.85. The number of hydrogen-bond acceptors (Lipinski definition) is 3. The number of carboxylic acids is 1. The Bertz CT molecular complexity index is 518. The van der Waals surface area contributed by atoms with Crippen LogP contribution in [0.25, 0.3) is 0 Å². The largest absolute Gasteiger partial charge is 0.481 e. The maximum absolute atomic E-state index is 12.2. The summed E-state index contributed by atoms with van der Waals surface area (Å²) in [5, 5.41) is 16.1. The lowest BCUT2D eigenvalue weighted by atomic mass is 9.66. The van der Waals surface area contributed by atoms with E-state index in [1.165, 1.54) is 0 Å². The van der Waals surface area contributed by atoms with Crippen LogP contribution < -0.4 is 5.32 Å². The van der Waals surface area contributed by atoms with Crippen molar-refractivity contribution in [1.82, 2.24) is 15.1 Å². The zero-order valence-electron chi connectivity index (χ0n) is 12.0. The molecule has 1 aliphatic rings. The van der Waals surface area contributed by atoms with Gasteiger partial charge in [-0.25, -0.2) is 0 Å². The quantitative estimate of drug-likeness (QED) is 0.828. The van der Waals surface area contributed by atoms with Gasteiger partial charge in [-0.05, 0) is 38.2 Å². The third kappa shape index (κ3) is 3.00. The minimum absolute atomic E-state index is 0.124. The summed E-state index contributed by atoms with van der Waals surface area (Å²) < 4.78 is 1.66. The Kier molecular flexibility index (Phi) is 4.11. The molecule has 0 bridgehead atoms. The summed E-state index contributed by atoms with van der Waals surface area (Å²) >= 11 is 0. The molecule has 20 heavy (non-hydrogen) atoms. The Labute approximate surface area is 118 Å². The van der Waals surface area contributed by atoms with E-state index in [1.54, 1.807) is 10.7 Å². The van der Waals surface area contributed by atoms with Crippen molar-refractivity contribution in [2.24, 2.45) is 5.41 Å². The fourth-order valence-electron chi connectivity index (χ4n) is 2.74. The van der Waals surface area contributed by atoms with Gasteiger partial charge < -0.3 is 10.4 Å². The molecule has 0 unspecified atom stereocenters. The van der Waals surface area contributed by atoms with E-state index in [2.05, 4.69) is 10.4 Å². The summed E-state index contributed by atoms with van der Waals surface area (Å²) in [7, 11) is 0. The van der Waals surface area contributed by atoms with Gasteiger partial charge in [-0.15, -0.1) is 0 Å². The minimum atomic E-state index is -0.798. The Balaban J connectivity index is 1.99. The predicted octanol–water partition coefficient (Wildman–Crippen LogP) is 1.59. The molecule has 1 aliphatic carbocycles. The molecule has 6 heteroatoms. The van der Waals surface area contributed by atoms with Crippen molar-refractivity contribution in [1.29, 1.82) is 0 Å². The van der Waals surface area contributed by atoms with Crippen LogP contribution in [0.4, 0.5) is 0 Å². The molecule has 1 aromatic heterocycles. The molecule has 1 amide bonds. The van der Waals surface area contributed by atoms with E-state index in [0.29, 0.717) is 18.8 Å². The van der Waals surface area contributed by atoms with Crippen LogP contribution in [0.2, 0.25) is 0 Å². The molecule has 1 fully saturated rings. The molecule has 2 N–H and O–H groups in total.